The van der Waals surface area contributed by atoms with Crippen molar-refractivity contribution in [1.82, 2.24) is 5.43 Å². The molecule has 0 saturated heterocycles. The van der Waals surface area contributed by atoms with E-state index in [9.17, 15) is 4.79 Å². The second kappa shape index (κ2) is 7.23. The minimum atomic E-state index is -0.167. The van der Waals surface area contributed by atoms with Crippen LogP contribution in [-0.2, 0) is 5.41 Å². The molecule has 2 aromatic rings. The molecule has 0 fully saturated rings. The quantitative estimate of drug-likeness (QED) is 0.642. The lowest BCUT2D eigenvalue weighted by atomic mass is 9.80. The number of aryl methyl sites for hydroxylation is 1. The van der Waals surface area contributed by atoms with Gasteiger partial charge in [0.05, 0.1) is 0 Å². The maximum atomic E-state index is 12.2. The minimum Gasteiger partial charge on any atom is -0.267 e. The number of rotatable bonds is 5. The van der Waals surface area contributed by atoms with Crippen LogP contribution in [0.4, 0.5) is 0 Å². The summed E-state index contributed by atoms with van der Waals surface area (Å²) in [6.45, 7) is 8.24. The largest absolute Gasteiger partial charge is 0.271 e. The van der Waals surface area contributed by atoms with Gasteiger partial charge < -0.3 is 0 Å². The fourth-order valence-electron chi connectivity index (χ4n) is 2.70. The van der Waals surface area contributed by atoms with Crippen molar-refractivity contribution in [3.05, 3.63) is 71.3 Å². The fourth-order valence-corrected chi connectivity index (χ4v) is 2.70. The van der Waals surface area contributed by atoms with Gasteiger partial charge in [-0.1, -0.05) is 62.4 Å². The molecule has 3 heteroatoms. The maximum absolute atomic E-state index is 12.2. The normalized spacial score (nSPS) is 12.1. The first kappa shape index (κ1) is 16.9. The number of carbonyl (C=O) groups is 1. The highest BCUT2D eigenvalue weighted by molar-refractivity contribution is 5.96. The predicted octanol–water partition coefficient (Wildman–Crippen LogP) is 4.47. The molecule has 2 rings (SSSR count). The third-order valence-electron chi connectivity index (χ3n) is 3.99. The van der Waals surface area contributed by atoms with E-state index in [0.717, 1.165) is 17.7 Å². The summed E-state index contributed by atoms with van der Waals surface area (Å²) < 4.78 is 0. The minimum absolute atomic E-state index is 0.0256. The zero-order valence-corrected chi connectivity index (χ0v) is 14.3. The molecule has 23 heavy (non-hydrogen) atoms. The second-order valence-electron chi connectivity index (χ2n) is 6.53. The Morgan fingerprint density at radius 2 is 1.65 bits per heavy atom. The van der Waals surface area contributed by atoms with Gasteiger partial charge in [0.15, 0.2) is 0 Å². The van der Waals surface area contributed by atoms with Crippen molar-refractivity contribution in [3.63, 3.8) is 0 Å². The number of carbonyl (C=O) groups excluding carboxylic acids is 1. The predicted molar refractivity (Wildman–Crippen MR) is 95.8 cm³/mol. The van der Waals surface area contributed by atoms with Gasteiger partial charge in [-0.15, -0.1) is 0 Å². The summed E-state index contributed by atoms with van der Waals surface area (Å²) in [6.07, 6.45) is 0.783. The van der Waals surface area contributed by atoms with Gasteiger partial charge in [-0.3, -0.25) is 4.79 Å². The van der Waals surface area contributed by atoms with E-state index in [4.69, 9.17) is 0 Å². The van der Waals surface area contributed by atoms with Crippen molar-refractivity contribution >= 4 is 11.6 Å². The zero-order valence-electron chi connectivity index (χ0n) is 14.3. The van der Waals surface area contributed by atoms with Crippen LogP contribution < -0.4 is 5.43 Å². The standard InChI is InChI=1S/C20H24N2O/c1-15-10-8-9-13-18(15)19(23)22-21-16(2)14-20(3,4)17-11-6-5-7-12-17/h5-13H,14H2,1-4H3,(H,22,23)/b21-16-. The van der Waals surface area contributed by atoms with Gasteiger partial charge in [-0.25, -0.2) is 5.43 Å². The van der Waals surface area contributed by atoms with Gasteiger partial charge in [-0.05, 0) is 42.9 Å². The van der Waals surface area contributed by atoms with E-state index in [2.05, 4.69) is 36.5 Å². The van der Waals surface area contributed by atoms with E-state index in [1.165, 1.54) is 5.56 Å². The van der Waals surface area contributed by atoms with E-state index in [1.54, 1.807) is 0 Å². The Labute approximate surface area is 138 Å². The average molecular weight is 308 g/mol. The summed E-state index contributed by atoms with van der Waals surface area (Å²) in [5.74, 6) is -0.167. The SMILES string of the molecule is C/C(CC(C)(C)c1ccccc1)=N/NC(=O)c1ccccc1C. The van der Waals surface area contributed by atoms with Crippen LogP contribution in [0.1, 0.15) is 48.7 Å². The maximum Gasteiger partial charge on any atom is 0.271 e. The van der Waals surface area contributed by atoms with Crippen molar-refractivity contribution in [3.8, 4) is 0 Å². The summed E-state index contributed by atoms with van der Waals surface area (Å²) in [6, 6.07) is 17.9. The van der Waals surface area contributed by atoms with E-state index in [1.807, 2.05) is 56.3 Å². The molecule has 0 atom stereocenters. The van der Waals surface area contributed by atoms with E-state index in [0.29, 0.717) is 5.56 Å². The molecule has 0 aromatic heterocycles. The Kier molecular flexibility index (Phi) is 5.32. The third kappa shape index (κ3) is 4.52. The van der Waals surface area contributed by atoms with Crippen LogP contribution >= 0.6 is 0 Å². The zero-order chi connectivity index (χ0) is 16.9. The van der Waals surface area contributed by atoms with Crippen LogP contribution in [0, 0.1) is 6.92 Å². The number of benzene rings is 2. The molecule has 0 spiro atoms. The second-order valence-corrected chi connectivity index (χ2v) is 6.53. The van der Waals surface area contributed by atoms with Crippen molar-refractivity contribution in [2.24, 2.45) is 5.10 Å². The van der Waals surface area contributed by atoms with Crippen LogP contribution in [0.5, 0.6) is 0 Å². The molecule has 0 aliphatic carbocycles. The number of nitrogens with zero attached hydrogens (tertiary/aromatic N) is 1. The highest BCUT2D eigenvalue weighted by Crippen LogP contribution is 2.27. The van der Waals surface area contributed by atoms with E-state index >= 15 is 0 Å². The first-order chi connectivity index (χ1) is 10.9. The molecule has 2 aromatic carbocycles. The Balaban J connectivity index is 2.03. The molecular formula is C20H24N2O. The summed E-state index contributed by atoms with van der Waals surface area (Å²) in [5.41, 5.74) is 6.41. The molecule has 3 nitrogen and oxygen atoms in total. The van der Waals surface area contributed by atoms with Crippen LogP contribution in [0.25, 0.3) is 0 Å². The highest BCUT2D eigenvalue weighted by atomic mass is 16.2. The van der Waals surface area contributed by atoms with Crippen LogP contribution in [0.2, 0.25) is 0 Å². The van der Waals surface area contributed by atoms with Gasteiger partial charge in [0.25, 0.3) is 5.91 Å². The Hall–Kier alpha value is -2.42. The van der Waals surface area contributed by atoms with Crippen molar-refractivity contribution in [2.75, 3.05) is 0 Å². The van der Waals surface area contributed by atoms with Gasteiger partial charge in [-0.2, -0.15) is 5.10 Å². The van der Waals surface area contributed by atoms with Crippen LogP contribution in [0.15, 0.2) is 59.7 Å². The van der Waals surface area contributed by atoms with Gasteiger partial charge >= 0.3 is 0 Å². The van der Waals surface area contributed by atoms with Gasteiger partial charge in [0, 0.05) is 11.3 Å². The molecule has 1 N–H and O–H groups in total. The van der Waals surface area contributed by atoms with E-state index < -0.39 is 0 Å². The summed E-state index contributed by atoms with van der Waals surface area (Å²) in [5, 5.41) is 4.27. The number of hydrogen-bond acceptors (Lipinski definition) is 2. The van der Waals surface area contributed by atoms with E-state index in [-0.39, 0.29) is 11.3 Å². The number of nitrogens with one attached hydrogen (secondary N) is 1. The van der Waals surface area contributed by atoms with Gasteiger partial charge in [0.1, 0.15) is 0 Å². The fraction of sp³-hybridized carbons (Fsp3) is 0.300. The first-order valence-electron chi connectivity index (χ1n) is 7.85. The molecule has 1 amide bonds. The summed E-state index contributed by atoms with van der Waals surface area (Å²) >= 11 is 0. The lowest BCUT2D eigenvalue weighted by Crippen LogP contribution is -2.24. The molecule has 0 unspecified atom stereocenters. The lowest BCUT2D eigenvalue weighted by molar-refractivity contribution is 0.0954. The summed E-state index contributed by atoms with van der Waals surface area (Å²) in [7, 11) is 0. The lowest BCUT2D eigenvalue weighted by Gasteiger charge is -2.25. The molecule has 0 aliphatic rings. The Morgan fingerprint density at radius 3 is 2.30 bits per heavy atom. The molecule has 0 bridgehead atoms. The Morgan fingerprint density at radius 1 is 1.04 bits per heavy atom. The average Bonchev–Trinajstić information content (AvgIpc) is 2.53. The molecule has 0 heterocycles. The van der Waals surface area contributed by atoms with Crippen molar-refractivity contribution < 1.29 is 4.79 Å². The smallest absolute Gasteiger partial charge is 0.267 e. The monoisotopic (exact) mass is 308 g/mol. The molecule has 0 saturated carbocycles. The van der Waals surface area contributed by atoms with Crippen molar-refractivity contribution in [1.29, 1.82) is 0 Å². The number of hydrazone groups is 1. The van der Waals surface area contributed by atoms with Gasteiger partial charge in [0.2, 0.25) is 0 Å². The Bertz CT molecular complexity index is 703. The first-order valence-corrected chi connectivity index (χ1v) is 7.85. The molecule has 0 radical (unpaired) electrons. The highest BCUT2D eigenvalue weighted by Gasteiger charge is 2.21. The van der Waals surface area contributed by atoms with Crippen LogP contribution in [-0.4, -0.2) is 11.6 Å². The topological polar surface area (TPSA) is 41.5 Å². The summed E-state index contributed by atoms with van der Waals surface area (Å²) in [4.78, 5) is 12.2. The number of amides is 1. The molecule has 120 valence electrons. The molecule has 0 aliphatic heterocycles. The van der Waals surface area contributed by atoms with Crippen molar-refractivity contribution in [2.45, 2.75) is 39.5 Å². The van der Waals surface area contributed by atoms with Crippen LogP contribution in [0.3, 0.4) is 0 Å². The third-order valence-corrected chi connectivity index (χ3v) is 3.99. The number of hydrogen-bond donors (Lipinski definition) is 1. The molecular weight excluding hydrogens is 284 g/mol.